The van der Waals surface area contributed by atoms with Crippen LogP contribution < -0.4 is 10.6 Å². The van der Waals surface area contributed by atoms with Crippen LogP contribution in [0.2, 0.25) is 0 Å². The number of non-ortho nitro benzene ring substituents is 1. The molecule has 3 aliphatic carbocycles. The van der Waals surface area contributed by atoms with Crippen molar-refractivity contribution >= 4 is 29.2 Å². The maximum atomic E-state index is 12.7. The minimum atomic E-state index is -0.521. The molecular weight excluding hydrogens is 364 g/mol. The number of benzene rings is 1. The molecule has 1 aliphatic heterocycles. The number of amides is 4. The summed E-state index contributed by atoms with van der Waals surface area (Å²) in [5.74, 6) is -0.460. The van der Waals surface area contributed by atoms with Gasteiger partial charge in [0.1, 0.15) is 0 Å². The van der Waals surface area contributed by atoms with Gasteiger partial charge in [-0.25, -0.2) is 4.79 Å². The van der Waals surface area contributed by atoms with Gasteiger partial charge in [-0.2, -0.15) is 0 Å². The summed E-state index contributed by atoms with van der Waals surface area (Å²) in [4.78, 5) is 48.7. The first kappa shape index (κ1) is 18.1. The lowest BCUT2D eigenvalue weighted by atomic mass is 9.63. The molecule has 1 saturated carbocycles. The van der Waals surface area contributed by atoms with Gasteiger partial charge >= 0.3 is 6.03 Å². The summed E-state index contributed by atoms with van der Waals surface area (Å²) in [5, 5.41) is 15.8. The smallest absolute Gasteiger partial charge is 0.319 e. The number of hydrogen-bond donors (Lipinski definition) is 2. The van der Waals surface area contributed by atoms with Crippen LogP contribution in [0.25, 0.3) is 0 Å². The van der Waals surface area contributed by atoms with Crippen molar-refractivity contribution < 1.29 is 19.3 Å². The molecule has 1 heterocycles. The van der Waals surface area contributed by atoms with Gasteiger partial charge in [0, 0.05) is 30.9 Å². The molecule has 9 heteroatoms. The SMILES string of the molecule is O=C(NCCN1C(=O)[C@@H]2[C@@H](C1=O)[C@H]1C=C[C@H]2CC1)Nc1ccc([N+](=O)[O-])cc1. The molecule has 146 valence electrons. The van der Waals surface area contributed by atoms with Crippen molar-refractivity contribution in [1.29, 1.82) is 0 Å². The summed E-state index contributed by atoms with van der Waals surface area (Å²) >= 11 is 0. The first-order valence-corrected chi connectivity index (χ1v) is 9.28. The van der Waals surface area contributed by atoms with E-state index in [1.165, 1.54) is 29.2 Å². The van der Waals surface area contributed by atoms with Gasteiger partial charge in [0.25, 0.3) is 5.69 Å². The normalized spacial score (nSPS) is 27.6. The van der Waals surface area contributed by atoms with E-state index >= 15 is 0 Å². The fraction of sp³-hybridized carbons (Fsp3) is 0.421. The summed E-state index contributed by atoms with van der Waals surface area (Å²) in [5.41, 5.74) is 0.340. The molecule has 4 aliphatic rings. The third kappa shape index (κ3) is 3.12. The maximum absolute atomic E-state index is 12.7. The Morgan fingerprint density at radius 1 is 1.07 bits per heavy atom. The molecule has 1 aromatic rings. The Kier molecular flexibility index (Phi) is 4.58. The number of imide groups is 1. The number of allylic oxidation sites excluding steroid dienone is 2. The Morgan fingerprint density at radius 3 is 2.14 bits per heavy atom. The molecule has 2 bridgehead atoms. The van der Waals surface area contributed by atoms with Crippen molar-refractivity contribution in [3.8, 4) is 0 Å². The molecule has 1 aromatic carbocycles. The maximum Gasteiger partial charge on any atom is 0.319 e. The average Bonchev–Trinajstić information content (AvgIpc) is 2.96. The molecule has 4 amide bonds. The number of nitrogens with one attached hydrogen (secondary N) is 2. The fourth-order valence-corrected chi connectivity index (χ4v) is 4.48. The summed E-state index contributed by atoms with van der Waals surface area (Å²) in [7, 11) is 0. The third-order valence-corrected chi connectivity index (χ3v) is 5.81. The molecule has 2 N–H and O–H groups in total. The minimum absolute atomic E-state index is 0.0676. The van der Waals surface area contributed by atoms with Crippen LogP contribution in [0.15, 0.2) is 36.4 Å². The number of carbonyl (C=O) groups excluding carboxylic acids is 3. The number of carbonyl (C=O) groups is 3. The van der Waals surface area contributed by atoms with Crippen molar-refractivity contribution in [3.05, 3.63) is 46.5 Å². The summed E-state index contributed by atoms with van der Waals surface area (Å²) in [6.45, 7) is 0.274. The zero-order valence-corrected chi connectivity index (χ0v) is 15.0. The van der Waals surface area contributed by atoms with Crippen LogP contribution >= 0.6 is 0 Å². The number of urea groups is 1. The lowest BCUT2D eigenvalue weighted by molar-refractivity contribution is -0.384. The molecule has 0 unspecified atom stereocenters. The number of nitro benzene ring substituents is 1. The van der Waals surface area contributed by atoms with Gasteiger partial charge in [-0.1, -0.05) is 12.2 Å². The predicted molar refractivity (Wildman–Crippen MR) is 99.2 cm³/mol. The van der Waals surface area contributed by atoms with Crippen molar-refractivity contribution in [2.45, 2.75) is 12.8 Å². The van der Waals surface area contributed by atoms with E-state index in [2.05, 4.69) is 22.8 Å². The summed E-state index contributed by atoms with van der Waals surface area (Å²) in [6, 6.07) is 4.94. The molecule has 2 fully saturated rings. The van der Waals surface area contributed by atoms with Gasteiger partial charge in [-0.05, 0) is 36.8 Å². The molecule has 0 radical (unpaired) electrons. The Balaban J connectivity index is 1.29. The predicted octanol–water partition coefficient (Wildman–Crippen LogP) is 1.91. The molecule has 4 atom stereocenters. The number of nitro groups is 1. The molecule has 5 rings (SSSR count). The van der Waals surface area contributed by atoms with Crippen LogP contribution in [0.1, 0.15) is 12.8 Å². The van der Waals surface area contributed by atoms with Crippen molar-refractivity contribution in [1.82, 2.24) is 10.2 Å². The lowest BCUT2D eigenvalue weighted by Crippen LogP contribution is -2.40. The van der Waals surface area contributed by atoms with E-state index in [4.69, 9.17) is 0 Å². The molecule has 28 heavy (non-hydrogen) atoms. The lowest BCUT2D eigenvalue weighted by Gasteiger charge is -2.38. The number of anilines is 1. The largest absolute Gasteiger partial charge is 0.336 e. The van der Waals surface area contributed by atoms with Crippen LogP contribution in [0.3, 0.4) is 0 Å². The van der Waals surface area contributed by atoms with Gasteiger partial charge in [-0.3, -0.25) is 24.6 Å². The van der Waals surface area contributed by atoms with Crippen molar-refractivity contribution in [2.75, 3.05) is 18.4 Å². The van der Waals surface area contributed by atoms with E-state index in [1.807, 2.05) is 0 Å². The summed E-state index contributed by atoms with van der Waals surface area (Å²) < 4.78 is 0. The van der Waals surface area contributed by atoms with E-state index in [1.54, 1.807) is 0 Å². The molecule has 1 saturated heterocycles. The second-order valence-electron chi connectivity index (χ2n) is 7.35. The van der Waals surface area contributed by atoms with Crippen LogP contribution in [-0.4, -0.2) is 40.8 Å². The highest BCUT2D eigenvalue weighted by atomic mass is 16.6. The minimum Gasteiger partial charge on any atom is -0.336 e. The second kappa shape index (κ2) is 7.06. The number of fused-ring (bicyclic) bond motifs is 1. The highest BCUT2D eigenvalue weighted by molar-refractivity contribution is 6.06. The van der Waals surface area contributed by atoms with E-state index in [9.17, 15) is 24.5 Å². The van der Waals surface area contributed by atoms with Gasteiger partial charge in [0.15, 0.2) is 0 Å². The third-order valence-electron chi connectivity index (χ3n) is 5.81. The van der Waals surface area contributed by atoms with Crippen LogP contribution in [0.5, 0.6) is 0 Å². The van der Waals surface area contributed by atoms with Gasteiger partial charge in [0.05, 0.1) is 16.8 Å². The number of likely N-dealkylation sites (tertiary alicyclic amines) is 1. The van der Waals surface area contributed by atoms with Crippen LogP contribution in [-0.2, 0) is 9.59 Å². The fourth-order valence-electron chi connectivity index (χ4n) is 4.48. The van der Waals surface area contributed by atoms with Crippen LogP contribution in [0.4, 0.5) is 16.2 Å². The highest BCUT2D eigenvalue weighted by Gasteiger charge is 2.56. The number of rotatable bonds is 5. The Bertz CT molecular complexity index is 834. The molecule has 9 nitrogen and oxygen atoms in total. The second-order valence-corrected chi connectivity index (χ2v) is 7.35. The first-order chi connectivity index (χ1) is 13.5. The molecule has 0 spiro atoms. The quantitative estimate of drug-likeness (QED) is 0.348. The van der Waals surface area contributed by atoms with Gasteiger partial charge in [-0.15, -0.1) is 0 Å². The zero-order valence-electron chi connectivity index (χ0n) is 15.0. The monoisotopic (exact) mass is 384 g/mol. The number of hydrogen-bond acceptors (Lipinski definition) is 5. The van der Waals surface area contributed by atoms with E-state index in [0.717, 1.165) is 12.8 Å². The standard InChI is InChI=1S/C19H20N4O5/c24-17-15-11-1-2-12(4-3-11)16(15)18(25)22(17)10-9-20-19(26)21-13-5-7-14(8-6-13)23(27)28/h1-2,5-8,11-12,15-16H,3-4,9-10H2,(H2,20,21,26)/t11-,12-,15-,16-/m0/s1. The Labute approximate surface area is 160 Å². The van der Waals surface area contributed by atoms with Crippen LogP contribution in [0, 0.1) is 33.8 Å². The van der Waals surface area contributed by atoms with E-state index < -0.39 is 11.0 Å². The molecular formula is C19H20N4O5. The number of nitrogens with zero attached hydrogens (tertiary/aromatic N) is 2. The van der Waals surface area contributed by atoms with E-state index in [-0.39, 0.29) is 54.3 Å². The average molecular weight is 384 g/mol. The topological polar surface area (TPSA) is 122 Å². The van der Waals surface area contributed by atoms with Gasteiger partial charge < -0.3 is 10.6 Å². The Hall–Kier alpha value is -3.23. The van der Waals surface area contributed by atoms with Crippen molar-refractivity contribution in [3.63, 3.8) is 0 Å². The molecule has 0 aromatic heterocycles. The first-order valence-electron chi connectivity index (χ1n) is 9.28. The van der Waals surface area contributed by atoms with Gasteiger partial charge in [0.2, 0.25) is 11.8 Å². The zero-order chi connectivity index (χ0) is 19.8. The van der Waals surface area contributed by atoms with E-state index in [0.29, 0.717) is 5.69 Å². The van der Waals surface area contributed by atoms with Crippen molar-refractivity contribution in [2.24, 2.45) is 23.7 Å². The highest BCUT2D eigenvalue weighted by Crippen LogP contribution is 2.49. The summed E-state index contributed by atoms with van der Waals surface area (Å²) in [6.07, 6.45) is 6.04. The Morgan fingerprint density at radius 2 is 1.64 bits per heavy atom.